The Labute approximate surface area is 146 Å². The van der Waals surface area contributed by atoms with Crippen molar-refractivity contribution >= 4 is 11.8 Å². The summed E-state index contributed by atoms with van der Waals surface area (Å²) in [5.74, 6) is -0.499. The lowest BCUT2D eigenvalue weighted by Gasteiger charge is -2.18. The fraction of sp³-hybridized carbons (Fsp3) is 0.300. The van der Waals surface area contributed by atoms with Crippen LogP contribution in [0.5, 0.6) is 0 Å². The van der Waals surface area contributed by atoms with Gasteiger partial charge in [-0.1, -0.05) is 30.3 Å². The van der Waals surface area contributed by atoms with Crippen molar-refractivity contribution in [1.29, 1.82) is 0 Å². The van der Waals surface area contributed by atoms with E-state index in [9.17, 15) is 14.0 Å². The van der Waals surface area contributed by atoms with Crippen LogP contribution in [-0.4, -0.2) is 29.3 Å². The number of likely N-dealkylation sites (tertiary alicyclic amines) is 1. The average Bonchev–Trinajstić information content (AvgIpc) is 2.86. The Morgan fingerprint density at radius 3 is 2.56 bits per heavy atom. The SMILES string of the molecule is Cc1cccc(C)c1C(=O)NC1CC(=O)N(Cc2cccc(F)c2)C1. The fourth-order valence-corrected chi connectivity index (χ4v) is 3.31. The van der Waals surface area contributed by atoms with Gasteiger partial charge < -0.3 is 10.2 Å². The smallest absolute Gasteiger partial charge is 0.252 e. The standard InChI is InChI=1S/C20H21FN2O2/c1-13-5-3-6-14(2)19(13)20(25)22-17-10-18(24)23(12-17)11-15-7-4-8-16(21)9-15/h3-9,17H,10-12H2,1-2H3,(H,22,25). The molecular weight excluding hydrogens is 319 g/mol. The van der Waals surface area contributed by atoms with Crippen molar-refractivity contribution in [2.45, 2.75) is 32.9 Å². The highest BCUT2D eigenvalue weighted by atomic mass is 19.1. The Morgan fingerprint density at radius 1 is 1.20 bits per heavy atom. The van der Waals surface area contributed by atoms with Crippen molar-refractivity contribution in [2.75, 3.05) is 6.54 Å². The van der Waals surface area contributed by atoms with E-state index >= 15 is 0 Å². The van der Waals surface area contributed by atoms with E-state index in [-0.39, 0.29) is 30.1 Å². The molecule has 3 rings (SSSR count). The maximum absolute atomic E-state index is 13.3. The van der Waals surface area contributed by atoms with E-state index in [1.807, 2.05) is 32.0 Å². The summed E-state index contributed by atoms with van der Waals surface area (Å²) in [5.41, 5.74) is 3.24. The van der Waals surface area contributed by atoms with Gasteiger partial charge in [0, 0.05) is 25.1 Å². The number of rotatable bonds is 4. The van der Waals surface area contributed by atoms with Crippen LogP contribution in [0, 0.1) is 19.7 Å². The lowest BCUT2D eigenvalue weighted by Crippen LogP contribution is -2.37. The lowest BCUT2D eigenvalue weighted by molar-refractivity contribution is -0.128. The number of hydrogen-bond donors (Lipinski definition) is 1. The topological polar surface area (TPSA) is 49.4 Å². The zero-order valence-corrected chi connectivity index (χ0v) is 14.4. The van der Waals surface area contributed by atoms with Gasteiger partial charge in [0.1, 0.15) is 5.82 Å². The van der Waals surface area contributed by atoms with E-state index in [1.54, 1.807) is 17.0 Å². The summed E-state index contributed by atoms with van der Waals surface area (Å²) >= 11 is 0. The number of aryl methyl sites for hydroxylation is 2. The van der Waals surface area contributed by atoms with Gasteiger partial charge in [-0.25, -0.2) is 4.39 Å². The number of hydrogen-bond acceptors (Lipinski definition) is 2. The number of benzene rings is 2. The van der Waals surface area contributed by atoms with Crippen molar-refractivity contribution in [3.8, 4) is 0 Å². The van der Waals surface area contributed by atoms with Crippen LogP contribution in [-0.2, 0) is 11.3 Å². The van der Waals surface area contributed by atoms with E-state index in [0.29, 0.717) is 18.7 Å². The summed E-state index contributed by atoms with van der Waals surface area (Å²) in [6.07, 6.45) is 0.270. The van der Waals surface area contributed by atoms with Gasteiger partial charge in [-0.05, 0) is 42.7 Å². The Morgan fingerprint density at radius 2 is 1.88 bits per heavy atom. The molecule has 1 saturated heterocycles. The predicted molar refractivity (Wildman–Crippen MR) is 93.6 cm³/mol. The summed E-state index contributed by atoms with van der Waals surface area (Å²) in [7, 11) is 0. The molecule has 0 radical (unpaired) electrons. The summed E-state index contributed by atoms with van der Waals surface area (Å²) in [4.78, 5) is 26.4. The van der Waals surface area contributed by atoms with E-state index < -0.39 is 0 Å². The molecule has 4 nitrogen and oxygen atoms in total. The van der Waals surface area contributed by atoms with E-state index in [2.05, 4.69) is 5.32 Å². The van der Waals surface area contributed by atoms with Crippen LogP contribution in [0.2, 0.25) is 0 Å². The van der Waals surface area contributed by atoms with Crippen molar-refractivity contribution in [3.05, 3.63) is 70.5 Å². The van der Waals surface area contributed by atoms with E-state index in [4.69, 9.17) is 0 Å². The molecule has 2 amide bonds. The molecule has 1 unspecified atom stereocenters. The Balaban J connectivity index is 1.65. The van der Waals surface area contributed by atoms with Gasteiger partial charge in [-0.2, -0.15) is 0 Å². The maximum Gasteiger partial charge on any atom is 0.252 e. The zero-order valence-electron chi connectivity index (χ0n) is 14.4. The summed E-state index contributed by atoms with van der Waals surface area (Å²) < 4.78 is 13.3. The molecule has 2 aromatic rings. The van der Waals surface area contributed by atoms with Crippen LogP contribution in [0.4, 0.5) is 4.39 Å². The second-order valence-electron chi connectivity index (χ2n) is 6.55. The highest BCUT2D eigenvalue weighted by molar-refractivity contribution is 5.97. The Kier molecular flexibility index (Phi) is 4.83. The second kappa shape index (κ2) is 7.05. The van der Waals surface area contributed by atoms with Crippen LogP contribution in [0.1, 0.15) is 33.5 Å². The summed E-state index contributed by atoms with van der Waals surface area (Å²) in [6, 6.07) is 11.7. The molecule has 1 heterocycles. The molecule has 5 heteroatoms. The van der Waals surface area contributed by atoms with Gasteiger partial charge in [0.25, 0.3) is 5.91 Å². The van der Waals surface area contributed by atoms with Crippen molar-refractivity contribution in [3.63, 3.8) is 0 Å². The molecule has 1 fully saturated rings. The molecule has 2 aromatic carbocycles. The van der Waals surface area contributed by atoms with Gasteiger partial charge in [-0.15, -0.1) is 0 Å². The number of carbonyl (C=O) groups excluding carboxylic acids is 2. The van der Waals surface area contributed by atoms with Crippen LogP contribution in [0.25, 0.3) is 0 Å². The largest absolute Gasteiger partial charge is 0.347 e. The Bertz CT molecular complexity index is 799. The molecular formula is C20H21FN2O2. The molecule has 0 saturated carbocycles. The van der Waals surface area contributed by atoms with Gasteiger partial charge in [0.2, 0.25) is 5.91 Å². The summed E-state index contributed by atoms with van der Waals surface area (Å²) in [5, 5.41) is 2.96. The monoisotopic (exact) mass is 340 g/mol. The van der Waals surface area contributed by atoms with Crippen LogP contribution in [0.3, 0.4) is 0 Å². The molecule has 1 aliphatic rings. The van der Waals surface area contributed by atoms with Crippen LogP contribution in [0.15, 0.2) is 42.5 Å². The fourth-order valence-electron chi connectivity index (χ4n) is 3.31. The predicted octanol–water partition coefficient (Wildman–Crippen LogP) is 2.97. The molecule has 0 aromatic heterocycles. The number of nitrogens with one attached hydrogen (secondary N) is 1. The molecule has 0 bridgehead atoms. The molecule has 1 N–H and O–H groups in total. The molecule has 25 heavy (non-hydrogen) atoms. The maximum atomic E-state index is 13.3. The van der Waals surface area contributed by atoms with Crippen LogP contribution >= 0.6 is 0 Å². The quantitative estimate of drug-likeness (QED) is 0.930. The highest BCUT2D eigenvalue weighted by Gasteiger charge is 2.31. The minimum Gasteiger partial charge on any atom is -0.347 e. The van der Waals surface area contributed by atoms with E-state index in [1.165, 1.54) is 12.1 Å². The third kappa shape index (κ3) is 3.87. The van der Waals surface area contributed by atoms with Crippen LogP contribution < -0.4 is 5.32 Å². The Hall–Kier alpha value is -2.69. The number of halogens is 1. The third-order valence-corrected chi connectivity index (χ3v) is 4.52. The first-order chi connectivity index (χ1) is 11.9. The first-order valence-electron chi connectivity index (χ1n) is 8.33. The highest BCUT2D eigenvalue weighted by Crippen LogP contribution is 2.18. The minimum absolute atomic E-state index is 0.0314. The van der Waals surface area contributed by atoms with Crippen molar-refractivity contribution < 1.29 is 14.0 Å². The average molecular weight is 340 g/mol. The van der Waals surface area contributed by atoms with Crippen molar-refractivity contribution in [2.24, 2.45) is 0 Å². The molecule has 0 aliphatic carbocycles. The van der Waals surface area contributed by atoms with E-state index in [0.717, 1.165) is 16.7 Å². The van der Waals surface area contributed by atoms with Gasteiger partial charge >= 0.3 is 0 Å². The molecule has 1 aliphatic heterocycles. The first kappa shape index (κ1) is 17.1. The zero-order chi connectivity index (χ0) is 18.0. The molecule has 1 atom stereocenters. The molecule has 130 valence electrons. The lowest BCUT2D eigenvalue weighted by atomic mass is 10.0. The van der Waals surface area contributed by atoms with Gasteiger partial charge in [0.05, 0.1) is 6.04 Å². The van der Waals surface area contributed by atoms with Gasteiger partial charge in [0.15, 0.2) is 0 Å². The number of carbonyl (C=O) groups is 2. The first-order valence-corrected chi connectivity index (χ1v) is 8.33. The summed E-state index contributed by atoms with van der Waals surface area (Å²) in [6.45, 7) is 4.59. The molecule has 0 spiro atoms. The third-order valence-electron chi connectivity index (χ3n) is 4.52. The second-order valence-corrected chi connectivity index (χ2v) is 6.55. The minimum atomic E-state index is -0.316. The van der Waals surface area contributed by atoms with Crippen molar-refractivity contribution in [1.82, 2.24) is 10.2 Å². The number of nitrogens with zero attached hydrogens (tertiary/aromatic N) is 1. The number of amides is 2. The normalized spacial score (nSPS) is 17.0. The van der Waals surface area contributed by atoms with Gasteiger partial charge in [-0.3, -0.25) is 9.59 Å².